The highest BCUT2D eigenvalue weighted by Gasteiger charge is 2.14. The molecule has 28 heavy (non-hydrogen) atoms. The van der Waals surface area contributed by atoms with Gasteiger partial charge in [0.15, 0.2) is 0 Å². The van der Waals surface area contributed by atoms with Gasteiger partial charge in [0.1, 0.15) is 0 Å². The Morgan fingerprint density at radius 3 is 2.64 bits per heavy atom. The number of halogens is 1. The Balaban J connectivity index is 0.00000280. The van der Waals surface area contributed by atoms with Gasteiger partial charge >= 0.3 is 0 Å². The second-order valence-electron chi connectivity index (χ2n) is 6.90. The summed E-state index contributed by atoms with van der Waals surface area (Å²) in [6.07, 6.45) is 0. The predicted molar refractivity (Wildman–Crippen MR) is 116 cm³/mol. The third-order valence-electron chi connectivity index (χ3n) is 4.29. The zero-order chi connectivity index (χ0) is 19.2. The van der Waals surface area contributed by atoms with E-state index in [4.69, 9.17) is 0 Å². The van der Waals surface area contributed by atoms with Crippen molar-refractivity contribution in [3.63, 3.8) is 0 Å². The van der Waals surface area contributed by atoms with Crippen molar-refractivity contribution >= 4 is 36.0 Å². The highest BCUT2D eigenvalue weighted by Crippen LogP contribution is 2.23. The van der Waals surface area contributed by atoms with Crippen LogP contribution >= 0.6 is 24.2 Å². The zero-order valence-electron chi connectivity index (χ0n) is 16.1. The Bertz CT molecular complexity index is 842. The van der Waals surface area contributed by atoms with E-state index in [1.54, 1.807) is 6.07 Å². The third-order valence-corrected chi connectivity index (χ3v) is 5.37. The van der Waals surface area contributed by atoms with Crippen LogP contribution in [-0.4, -0.2) is 23.6 Å². The molecule has 0 atom stereocenters. The zero-order valence-corrected chi connectivity index (χ0v) is 17.7. The van der Waals surface area contributed by atoms with Crippen LogP contribution in [0.4, 0.5) is 0 Å². The Labute approximate surface area is 176 Å². The summed E-state index contributed by atoms with van der Waals surface area (Å²) in [6, 6.07) is 13.8. The molecule has 1 aliphatic heterocycles. The van der Waals surface area contributed by atoms with Gasteiger partial charge in [-0.1, -0.05) is 30.3 Å². The van der Waals surface area contributed by atoms with Crippen LogP contribution in [0.1, 0.15) is 40.9 Å². The average molecular weight is 420 g/mol. The van der Waals surface area contributed by atoms with Gasteiger partial charge in [-0.05, 0) is 42.7 Å². The van der Waals surface area contributed by atoms with Crippen molar-refractivity contribution in [1.29, 1.82) is 0 Å². The molecule has 0 aromatic heterocycles. The first-order valence-electron chi connectivity index (χ1n) is 9.13. The average Bonchev–Trinajstić information content (AvgIpc) is 3.12. The van der Waals surface area contributed by atoms with Crippen LogP contribution in [0, 0.1) is 0 Å². The summed E-state index contributed by atoms with van der Waals surface area (Å²) in [5.74, 6) is 0.137. The largest absolute Gasteiger partial charge is 0.353 e. The monoisotopic (exact) mass is 419 g/mol. The highest BCUT2D eigenvalue weighted by molar-refractivity contribution is 8.00. The molecule has 0 spiro atoms. The lowest BCUT2D eigenvalue weighted by molar-refractivity contribution is -0.119. The molecular formula is C21H26ClN3O2S. The Morgan fingerprint density at radius 2 is 1.86 bits per heavy atom. The van der Waals surface area contributed by atoms with Crippen molar-refractivity contribution in [2.24, 2.45) is 0 Å². The number of carbonyl (C=O) groups is 2. The van der Waals surface area contributed by atoms with Crippen molar-refractivity contribution in [3.05, 3.63) is 64.7 Å². The van der Waals surface area contributed by atoms with Gasteiger partial charge in [0.05, 0.1) is 11.3 Å². The summed E-state index contributed by atoms with van der Waals surface area (Å²) in [4.78, 5) is 25.3. The topological polar surface area (TPSA) is 70.2 Å². The number of benzene rings is 2. The van der Waals surface area contributed by atoms with Gasteiger partial charge in [-0.2, -0.15) is 0 Å². The lowest BCUT2D eigenvalue weighted by atomic mass is 10.1. The number of carbonyl (C=O) groups excluding carboxylic acids is 2. The molecule has 0 saturated heterocycles. The minimum atomic E-state index is -0.124. The fourth-order valence-corrected chi connectivity index (χ4v) is 3.88. The number of rotatable bonds is 7. The lowest BCUT2D eigenvalue weighted by Crippen LogP contribution is -2.31. The second kappa shape index (κ2) is 10.5. The maximum absolute atomic E-state index is 12.7. The van der Waals surface area contributed by atoms with Crippen LogP contribution in [0.2, 0.25) is 0 Å². The molecule has 2 aromatic rings. The molecule has 150 valence electrons. The summed E-state index contributed by atoms with van der Waals surface area (Å²) in [5, 5.41) is 9.18. The molecule has 0 radical (unpaired) electrons. The SMILES string of the molecule is CC(C)NC(=O)CSc1ccccc1C(=O)NCc1ccc2c(c1)CNC2.Cl. The molecule has 3 rings (SSSR count). The smallest absolute Gasteiger partial charge is 0.252 e. The summed E-state index contributed by atoms with van der Waals surface area (Å²) >= 11 is 1.38. The molecular weight excluding hydrogens is 394 g/mol. The van der Waals surface area contributed by atoms with E-state index in [9.17, 15) is 9.59 Å². The standard InChI is InChI=1S/C21H25N3O2S.ClH/c1-14(2)24-20(25)13-27-19-6-4-3-5-18(19)21(26)23-10-15-7-8-16-11-22-12-17(16)9-15;/h3-9,14,22H,10-13H2,1-2H3,(H,23,26)(H,24,25);1H. The van der Waals surface area contributed by atoms with E-state index in [0.717, 1.165) is 23.5 Å². The van der Waals surface area contributed by atoms with E-state index in [-0.39, 0.29) is 30.3 Å². The van der Waals surface area contributed by atoms with Gasteiger partial charge in [-0.3, -0.25) is 9.59 Å². The van der Waals surface area contributed by atoms with Gasteiger partial charge in [0.2, 0.25) is 5.91 Å². The Kier molecular flexibility index (Phi) is 8.35. The van der Waals surface area contributed by atoms with Crippen LogP contribution in [0.5, 0.6) is 0 Å². The van der Waals surface area contributed by atoms with E-state index in [1.807, 2.05) is 32.0 Å². The van der Waals surface area contributed by atoms with Crippen LogP contribution in [-0.2, 0) is 24.4 Å². The predicted octanol–water partition coefficient (Wildman–Crippen LogP) is 3.26. The number of hydrogen-bond donors (Lipinski definition) is 3. The summed E-state index contributed by atoms with van der Waals surface area (Å²) in [7, 11) is 0. The lowest BCUT2D eigenvalue weighted by Gasteiger charge is -2.11. The molecule has 7 heteroatoms. The number of hydrogen-bond acceptors (Lipinski definition) is 4. The minimum Gasteiger partial charge on any atom is -0.353 e. The van der Waals surface area contributed by atoms with Crippen LogP contribution in [0.3, 0.4) is 0 Å². The fraction of sp³-hybridized carbons (Fsp3) is 0.333. The van der Waals surface area contributed by atoms with Crippen LogP contribution in [0.25, 0.3) is 0 Å². The molecule has 0 saturated carbocycles. The summed E-state index contributed by atoms with van der Waals surface area (Å²) in [5.41, 5.74) is 4.32. The summed E-state index contributed by atoms with van der Waals surface area (Å²) in [6.45, 7) is 6.14. The fourth-order valence-electron chi connectivity index (χ4n) is 3.02. The highest BCUT2D eigenvalue weighted by atomic mass is 35.5. The van der Waals surface area contributed by atoms with Gasteiger partial charge in [0.25, 0.3) is 5.91 Å². The van der Waals surface area contributed by atoms with E-state index in [1.165, 1.54) is 22.9 Å². The minimum absolute atomic E-state index is 0. The van der Waals surface area contributed by atoms with Crippen molar-refractivity contribution in [2.45, 2.75) is 44.4 Å². The molecule has 5 nitrogen and oxygen atoms in total. The number of thioether (sulfide) groups is 1. The van der Waals surface area contributed by atoms with Crippen molar-refractivity contribution in [2.75, 3.05) is 5.75 Å². The van der Waals surface area contributed by atoms with Crippen molar-refractivity contribution < 1.29 is 9.59 Å². The number of amides is 2. The van der Waals surface area contributed by atoms with Gasteiger partial charge in [0, 0.05) is 30.6 Å². The van der Waals surface area contributed by atoms with E-state index >= 15 is 0 Å². The normalized spacial score (nSPS) is 12.2. The van der Waals surface area contributed by atoms with E-state index in [0.29, 0.717) is 17.9 Å². The first-order chi connectivity index (χ1) is 13.0. The first kappa shape index (κ1) is 22.3. The molecule has 0 aliphatic carbocycles. The molecule has 2 aromatic carbocycles. The van der Waals surface area contributed by atoms with Crippen LogP contribution < -0.4 is 16.0 Å². The molecule has 1 aliphatic rings. The molecule has 2 amide bonds. The first-order valence-corrected chi connectivity index (χ1v) is 10.1. The van der Waals surface area contributed by atoms with Gasteiger partial charge < -0.3 is 16.0 Å². The van der Waals surface area contributed by atoms with Crippen molar-refractivity contribution in [1.82, 2.24) is 16.0 Å². The number of nitrogens with one attached hydrogen (secondary N) is 3. The second-order valence-corrected chi connectivity index (χ2v) is 7.91. The van der Waals surface area contributed by atoms with Crippen LogP contribution in [0.15, 0.2) is 47.4 Å². The molecule has 0 bridgehead atoms. The van der Waals surface area contributed by atoms with Crippen molar-refractivity contribution in [3.8, 4) is 0 Å². The number of fused-ring (bicyclic) bond motifs is 1. The molecule has 3 N–H and O–H groups in total. The van der Waals surface area contributed by atoms with Gasteiger partial charge in [-0.25, -0.2) is 0 Å². The molecule has 0 unspecified atom stereocenters. The Hall–Kier alpha value is -2.02. The maximum Gasteiger partial charge on any atom is 0.252 e. The Morgan fingerprint density at radius 1 is 1.11 bits per heavy atom. The van der Waals surface area contributed by atoms with Gasteiger partial charge in [-0.15, -0.1) is 24.2 Å². The quantitative estimate of drug-likeness (QED) is 0.602. The van der Waals surface area contributed by atoms with E-state index < -0.39 is 0 Å². The summed E-state index contributed by atoms with van der Waals surface area (Å²) < 4.78 is 0. The maximum atomic E-state index is 12.7. The van der Waals surface area contributed by atoms with E-state index in [2.05, 4.69) is 34.1 Å². The third kappa shape index (κ3) is 5.99. The molecule has 1 heterocycles. The molecule has 0 fully saturated rings.